The van der Waals surface area contributed by atoms with Crippen LogP contribution in [0.25, 0.3) is 0 Å². The lowest BCUT2D eigenvalue weighted by Crippen LogP contribution is -2.29. The first-order valence-corrected chi connectivity index (χ1v) is 10.2. The van der Waals surface area contributed by atoms with Crippen LogP contribution in [-0.2, 0) is 4.79 Å². The van der Waals surface area contributed by atoms with E-state index in [0.29, 0.717) is 32.2 Å². The number of dihydropyridines is 1. The first kappa shape index (κ1) is 20.0. The summed E-state index contributed by atoms with van der Waals surface area (Å²) in [4.78, 5) is 16.7. The summed E-state index contributed by atoms with van der Waals surface area (Å²) >= 11 is 13.8. The van der Waals surface area contributed by atoms with E-state index in [1.807, 2.05) is 30.3 Å². The molecule has 3 aromatic rings. The van der Waals surface area contributed by atoms with Gasteiger partial charge in [0.05, 0.1) is 27.1 Å². The molecule has 1 aliphatic rings. The van der Waals surface area contributed by atoms with Gasteiger partial charge in [-0.3, -0.25) is 10.2 Å². The van der Waals surface area contributed by atoms with Crippen LogP contribution < -0.4 is 16.1 Å². The third-order valence-electron chi connectivity index (χ3n) is 3.87. The average Bonchev–Trinajstić information content (AvgIpc) is 3.26. The Balaban J connectivity index is 1.67. The van der Waals surface area contributed by atoms with Crippen molar-refractivity contribution in [2.45, 2.75) is 0 Å². The van der Waals surface area contributed by atoms with Gasteiger partial charge in [0.25, 0.3) is 5.91 Å². The lowest BCUT2D eigenvalue weighted by Gasteiger charge is -2.19. The predicted octanol–water partition coefficient (Wildman–Crippen LogP) is 4.66. The second kappa shape index (κ2) is 9.04. The summed E-state index contributed by atoms with van der Waals surface area (Å²) in [6, 6.07) is 14.4. The van der Waals surface area contributed by atoms with Crippen molar-refractivity contribution in [3.05, 3.63) is 75.9 Å². The SMILES string of the molecule is O=C1N=C(Nc2ccccc2Cl)C(Nc2ccccc2Cl)=CC1=NNc1nncs1. The van der Waals surface area contributed by atoms with Gasteiger partial charge in [0, 0.05) is 0 Å². The number of aromatic nitrogens is 2. The molecule has 3 N–H and O–H groups in total. The molecule has 30 heavy (non-hydrogen) atoms. The van der Waals surface area contributed by atoms with Crippen LogP contribution in [0, 0.1) is 0 Å². The van der Waals surface area contributed by atoms with Crippen molar-refractivity contribution in [3.63, 3.8) is 0 Å². The molecule has 0 fully saturated rings. The van der Waals surface area contributed by atoms with Crippen molar-refractivity contribution >= 4 is 68.5 Å². The molecule has 0 aliphatic carbocycles. The maximum atomic E-state index is 12.5. The Labute approximate surface area is 185 Å². The van der Waals surface area contributed by atoms with Crippen LogP contribution in [0.2, 0.25) is 10.0 Å². The molecule has 4 rings (SSSR count). The second-order valence-corrected chi connectivity index (χ2v) is 7.53. The zero-order valence-electron chi connectivity index (χ0n) is 15.1. The van der Waals surface area contributed by atoms with Crippen LogP contribution >= 0.6 is 34.5 Å². The summed E-state index contributed by atoms with van der Waals surface area (Å²) < 4.78 is 0. The van der Waals surface area contributed by atoms with Gasteiger partial charge in [0.15, 0.2) is 11.5 Å². The van der Waals surface area contributed by atoms with Gasteiger partial charge in [0.2, 0.25) is 5.13 Å². The summed E-state index contributed by atoms with van der Waals surface area (Å²) in [6.45, 7) is 0. The van der Waals surface area contributed by atoms with E-state index in [2.05, 4.69) is 36.4 Å². The average molecular weight is 458 g/mol. The summed E-state index contributed by atoms with van der Waals surface area (Å²) in [6.07, 6.45) is 1.56. The second-order valence-electron chi connectivity index (χ2n) is 5.89. The molecule has 1 aromatic heterocycles. The molecule has 1 amide bonds. The Morgan fingerprint density at radius 3 is 2.23 bits per heavy atom. The molecule has 150 valence electrons. The number of carbonyl (C=O) groups excluding carboxylic acids is 1. The third kappa shape index (κ3) is 4.65. The highest BCUT2D eigenvalue weighted by molar-refractivity contribution is 7.13. The number of hydrogen-bond donors (Lipinski definition) is 3. The van der Waals surface area contributed by atoms with E-state index in [-0.39, 0.29) is 11.5 Å². The highest BCUT2D eigenvalue weighted by atomic mass is 35.5. The minimum absolute atomic E-state index is 0.0875. The fraction of sp³-hybridized carbons (Fsp3) is 0. The van der Waals surface area contributed by atoms with E-state index in [1.54, 1.807) is 29.8 Å². The van der Waals surface area contributed by atoms with Crippen LogP contribution in [0.4, 0.5) is 16.5 Å². The molecule has 0 bridgehead atoms. The van der Waals surface area contributed by atoms with Crippen LogP contribution in [0.15, 0.2) is 75.9 Å². The van der Waals surface area contributed by atoms with Crippen LogP contribution in [0.3, 0.4) is 0 Å². The minimum atomic E-state index is -0.536. The largest absolute Gasteiger partial charge is 0.351 e. The minimum Gasteiger partial charge on any atom is -0.351 e. The highest BCUT2D eigenvalue weighted by Crippen LogP contribution is 2.26. The predicted molar refractivity (Wildman–Crippen MR) is 122 cm³/mol. The highest BCUT2D eigenvalue weighted by Gasteiger charge is 2.22. The zero-order chi connectivity index (χ0) is 20.9. The van der Waals surface area contributed by atoms with Crippen molar-refractivity contribution < 1.29 is 4.79 Å². The van der Waals surface area contributed by atoms with Crippen molar-refractivity contribution in [3.8, 4) is 0 Å². The van der Waals surface area contributed by atoms with E-state index < -0.39 is 5.91 Å². The first-order valence-electron chi connectivity index (χ1n) is 8.58. The molecule has 2 heterocycles. The Morgan fingerprint density at radius 1 is 0.933 bits per heavy atom. The van der Waals surface area contributed by atoms with Crippen molar-refractivity contribution in [2.24, 2.45) is 10.1 Å². The van der Waals surface area contributed by atoms with Gasteiger partial charge in [0.1, 0.15) is 5.51 Å². The monoisotopic (exact) mass is 457 g/mol. The number of nitrogens with zero attached hydrogens (tertiary/aromatic N) is 4. The number of para-hydroxylation sites is 2. The van der Waals surface area contributed by atoms with Crippen LogP contribution in [-0.4, -0.2) is 27.7 Å². The summed E-state index contributed by atoms with van der Waals surface area (Å²) in [5, 5.41) is 19.4. The Hall–Kier alpha value is -3.27. The van der Waals surface area contributed by atoms with E-state index in [1.165, 1.54) is 11.3 Å². The Morgan fingerprint density at radius 2 is 1.60 bits per heavy atom. The smallest absolute Gasteiger partial charge is 0.299 e. The van der Waals surface area contributed by atoms with Crippen molar-refractivity contribution in [1.82, 2.24) is 10.2 Å². The lowest BCUT2D eigenvalue weighted by molar-refractivity contribution is -0.111. The molecule has 0 spiro atoms. The van der Waals surface area contributed by atoms with Crippen molar-refractivity contribution in [2.75, 3.05) is 16.1 Å². The molecular weight excluding hydrogens is 445 g/mol. The van der Waals surface area contributed by atoms with Crippen LogP contribution in [0.1, 0.15) is 0 Å². The van der Waals surface area contributed by atoms with E-state index in [4.69, 9.17) is 23.2 Å². The molecule has 0 saturated heterocycles. The number of carbonyl (C=O) groups is 1. The fourth-order valence-electron chi connectivity index (χ4n) is 2.48. The molecule has 11 heteroatoms. The lowest BCUT2D eigenvalue weighted by atomic mass is 10.2. The molecule has 0 radical (unpaired) electrons. The number of anilines is 3. The Bertz CT molecular complexity index is 1180. The summed E-state index contributed by atoms with van der Waals surface area (Å²) in [5.74, 6) is -0.255. The summed E-state index contributed by atoms with van der Waals surface area (Å²) in [7, 11) is 0. The first-order chi connectivity index (χ1) is 14.6. The molecule has 8 nitrogen and oxygen atoms in total. The molecule has 1 aliphatic heterocycles. The van der Waals surface area contributed by atoms with Gasteiger partial charge in [-0.2, -0.15) is 10.1 Å². The van der Waals surface area contributed by atoms with Gasteiger partial charge >= 0.3 is 0 Å². The normalized spacial score (nSPS) is 14.9. The molecular formula is C19H13Cl2N7OS. The van der Waals surface area contributed by atoms with Gasteiger partial charge in [-0.25, -0.2) is 0 Å². The fourth-order valence-corrected chi connectivity index (χ4v) is 3.24. The number of amides is 1. The molecule has 0 unspecified atom stereocenters. The van der Waals surface area contributed by atoms with Gasteiger partial charge in [-0.15, -0.1) is 10.2 Å². The van der Waals surface area contributed by atoms with Crippen molar-refractivity contribution in [1.29, 1.82) is 0 Å². The van der Waals surface area contributed by atoms with Gasteiger partial charge < -0.3 is 10.6 Å². The molecule has 0 atom stereocenters. The summed E-state index contributed by atoms with van der Waals surface area (Å²) in [5.41, 5.74) is 6.07. The number of rotatable bonds is 5. The third-order valence-corrected chi connectivity index (χ3v) is 5.13. The van der Waals surface area contributed by atoms with Crippen LogP contribution in [0.5, 0.6) is 0 Å². The molecule has 0 saturated carbocycles. The maximum Gasteiger partial charge on any atom is 0.299 e. The number of halogens is 2. The number of amidine groups is 1. The quantitative estimate of drug-likeness (QED) is 0.481. The molecule has 2 aromatic carbocycles. The van der Waals surface area contributed by atoms with Gasteiger partial charge in [-0.05, 0) is 30.3 Å². The maximum absolute atomic E-state index is 12.5. The standard InChI is InChI=1S/C19H13Cl2N7OS/c20-11-5-1-3-7-13(11)23-15-9-16(26-28-19-27-22-10-30-19)18(29)25-17(15)24-14-8-4-2-6-12(14)21/h1-10,23H,(H,27,28)(H,24,25,29). The number of hydrazone groups is 1. The number of aliphatic imine (C=N–C) groups is 1. The topological polar surface area (TPSA) is 104 Å². The number of hydrogen-bond acceptors (Lipinski definition) is 8. The van der Waals surface area contributed by atoms with E-state index >= 15 is 0 Å². The van der Waals surface area contributed by atoms with Gasteiger partial charge in [-0.1, -0.05) is 58.8 Å². The number of benzene rings is 2. The number of nitrogens with one attached hydrogen (secondary N) is 3. The van der Waals surface area contributed by atoms with E-state index in [9.17, 15) is 4.79 Å². The Kier molecular flexibility index (Phi) is 6.03. The zero-order valence-corrected chi connectivity index (χ0v) is 17.5. The van der Waals surface area contributed by atoms with E-state index in [0.717, 1.165) is 0 Å².